The van der Waals surface area contributed by atoms with Gasteiger partial charge in [0.25, 0.3) is 0 Å². The first-order valence-corrected chi connectivity index (χ1v) is 8.08. The van der Waals surface area contributed by atoms with Crippen molar-refractivity contribution < 1.29 is 8.42 Å². The minimum absolute atomic E-state index is 0.142. The molecule has 0 spiro atoms. The first kappa shape index (κ1) is 16.7. The lowest BCUT2D eigenvalue weighted by Crippen LogP contribution is -2.36. The van der Waals surface area contributed by atoms with Gasteiger partial charge in [0, 0.05) is 11.6 Å². The lowest BCUT2D eigenvalue weighted by atomic mass is 10.1. The standard InChI is InChI=1S/C15H22N2O2S/c1-11(2)13(4)17-20(18,19)15-8-7-12(3)10-14(15)6-5-9-16/h7-8,10-11,13,17H,9,16H2,1-4H3. The van der Waals surface area contributed by atoms with Gasteiger partial charge >= 0.3 is 0 Å². The van der Waals surface area contributed by atoms with Gasteiger partial charge in [-0.15, -0.1) is 0 Å². The Bertz CT molecular complexity index is 625. The van der Waals surface area contributed by atoms with Crippen LogP contribution < -0.4 is 10.5 Å². The van der Waals surface area contributed by atoms with E-state index in [-0.39, 0.29) is 23.4 Å². The van der Waals surface area contributed by atoms with Crippen molar-refractivity contribution in [3.63, 3.8) is 0 Å². The Morgan fingerprint density at radius 1 is 1.30 bits per heavy atom. The Labute approximate surface area is 121 Å². The molecule has 20 heavy (non-hydrogen) atoms. The van der Waals surface area contributed by atoms with Gasteiger partial charge in [0.2, 0.25) is 10.0 Å². The molecule has 0 saturated heterocycles. The van der Waals surface area contributed by atoms with Crippen LogP contribution in [0.2, 0.25) is 0 Å². The normalized spacial score (nSPS) is 12.9. The first-order chi connectivity index (χ1) is 9.27. The topological polar surface area (TPSA) is 72.2 Å². The van der Waals surface area contributed by atoms with Gasteiger partial charge in [-0.05, 0) is 37.5 Å². The molecule has 4 nitrogen and oxygen atoms in total. The molecule has 110 valence electrons. The predicted octanol–water partition coefficient (Wildman–Crippen LogP) is 1.63. The molecule has 1 rings (SSSR count). The summed E-state index contributed by atoms with van der Waals surface area (Å²) in [5, 5.41) is 0. The van der Waals surface area contributed by atoms with E-state index in [1.165, 1.54) is 0 Å². The number of hydrogen-bond acceptors (Lipinski definition) is 3. The molecule has 0 radical (unpaired) electrons. The maximum absolute atomic E-state index is 12.4. The molecule has 3 N–H and O–H groups in total. The van der Waals surface area contributed by atoms with Gasteiger partial charge in [0.05, 0.1) is 11.4 Å². The molecule has 0 aliphatic rings. The summed E-state index contributed by atoms with van der Waals surface area (Å²) in [4.78, 5) is 0.205. The highest BCUT2D eigenvalue weighted by Gasteiger charge is 2.21. The maximum Gasteiger partial charge on any atom is 0.242 e. The predicted molar refractivity (Wildman–Crippen MR) is 81.7 cm³/mol. The van der Waals surface area contributed by atoms with Crippen LogP contribution in [-0.4, -0.2) is 21.0 Å². The van der Waals surface area contributed by atoms with E-state index in [1.54, 1.807) is 18.2 Å². The van der Waals surface area contributed by atoms with E-state index in [0.29, 0.717) is 5.56 Å². The van der Waals surface area contributed by atoms with E-state index in [2.05, 4.69) is 16.6 Å². The molecule has 0 fully saturated rings. The van der Waals surface area contributed by atoms with Gasteiger partial charge in [0.15, 0.2) is 0 Å². The maximum atomic E-state index is 12.4. The zero-order valence-corrected chi connectivity index (χ0v) is 13.2. The molecule has 1 atom stereocenters. The summed E-state index contributed by atoms with van der Waals surface area (Å²) in [5.41, 5.74) is 6.80. The third-order valence-electron chi connectivity index (χ3n) is 3.09. The van der Waals surface area contributed by atoms with Gasteiger partial charge in [-0.2, -0.15) is 0 Å². The highest BCUT2D eigenvalue weighted by Crippen LogP contribution is 2.18. The molecule has 0 aromatic heterocycles. The lowest BCUT2D eigenvalue weighted by Gasteiger charge is -2.18. The fraction of sp³-hybridized carbons (Fsp3) is 0.467. The van der Waals surface area contributed by atoms with Crippen LogP contribution in [0.4, 0.5) is 0 Å². The van der Waals surface area contributed by atoms with Gasteiger partial charge in [-0.3, -0.25) is 0 Å². The summed E-state index contributed by atoms with van der Waals surface area (Å²) in [6, 6.07) is 4.97. The van der Waals surface area contributed by atoms with Crippen LogP contribution in [0, 0.1) is 24.7 Å². The molecule has 0 aliphatic carbocycles. The molecule has 0 amide bonds. The molecular formula is C15H22N2O2S. The Hall–Kier alpha value is -1.35. The lowest BCUT2D eigenvalue weighted by molar-refractivity contribution is 0.476. The van der Waals surface area contributed by atoms with Crippen molar-refractivity contribution in [3.05, 3.63) is 29.3 Å². The SMILES string of the molecule is Cc1ccc(S(=O)(=O)NC(C)C(C)C)c(C#CCN)c1. The van der Waals surface area contributed by atoms with Gasteiger partial charge in [0.1, 0.15) is 0 Å². The average molecular weight is 294 g/mol. The van der Waals surface area contributed by atoms with Crippen molar-refractivity contribution >= 4 is 10.0 Å². The molecule has 5 heteroatoms. The van der Waals surface area contributed by atoms with E-state index in [1.807, 2.05) is 27.7 Å². The fourth-order valence-corrected chi connectivity index (χ4v) is 3.10. The van der Waals surface area contributed by atoms with Crippen LogP contribution in [-0.2, 0) is 10.0 Å². The number of nitrogens with two attached hydrogens (primary N) is 1. The van der Waals surface area contributed by atoms with E-state index in [4.69, 9.17) is 5.73 Å². The van der Waals surface area contributed by atoms with Crippen molar-refractivity contribution in [3.8, 4) is 11.8 Å². The van der Waals surface area contributed by atoms with Crippen molar-refractivity contribution in [2.24, 2.45) is 11.7 Å². The molecular weight excluding hydrogens is 272 g/mol. The third-order valence-corrected chi connectivity index (χ3v) is 4.71. The third kappa shape index (κ3) is 4.34. The summed E-state index contributed by atoms with van der Waals surface area (Å²) in [5.74, 6) is 5.75. The highest BCUT2D eigenvalue weighted by atomic mass is 32.2. The summed E-state index contributed by atoms with van der Waals surface area (Å²) in [7, 11) is -3.58. The van der Waals surface area contributed by atoms with Crippen LogP contribution in [0.25, 0.3) is 0 Å². The molecule has 0 saturated carbocycles. The second kappa shape index (κ2) is 6.89. The highest BCUT2D eigenvalue weighted by molar-refractivity contribution is 7.89. The van der Waals surface area contributed by atoms with Gasteiger partial charge < -0.3 is 5.73 Å². The Balaban J connectivity index is 3.24. The van der Waals surface area contributed by atoms with Crippen molar-refractivity contribution in [2.75, 3.05) is 6.54 Å². The van der Waals surface area contributed by atoms with Crippen molar-refractivity contribution in [1.82, 2.24) is 4.72 Å². The number of nitrogens with one attached hydrogen (secondary N) is 1. The second-order valence-electron chi connectivity index (χ2n) is 5.16. The summed E-state index contributed by atoms with van der Waals surface area (Å²) >= 11 is 0. The summed E-state index contributed by atoms with van der Waals surface area (Å²) in [6.45, 7) is 7.88. The number of rotatable bonds is 4. The van der Waals surface area contributed by atoms with Crippen molar-refractivity contribution in [2.45, 2.75) is 38.6 Å². The monoisotopic (exact) mass is 294 g/mol. The summed E-state index contributed by atoms with van der Waals surface area (Å²) < 4.78 is 27.5. The molecule has 0 bridgehead atoms. The van der Waals surface area contributed by atoms with Crippen LogP contribution in [0.15, 0.2) is 23.1 Å². The van der Waals surface area contributed by atoms with E-state index in [9.17, 15) is 8.42 Å². The van der Waals surface area contributed by atoms with Crippen LogP contribution in [0.5, 0.6) is 0 Å². The zero-order chi connectivity index (χ0) is 15.3. The molecule has 1 aromatic rings. The molecule has 1 unspecified atom stereocenters. The number of benzene rings is 1. The minimum Gasteiger partial charge on any atom is -0.320 e. The minimum atomic E-state index is -3.58. The van der Waals surface area contributed by atoms with Crippen LogP contribution in [0.1, 0.15) is 31.9 Å². The average Bonchev–Trinajstić information content (AvgIpc) is 2.35. The van der Waals surface area contributed by atoms with Crippen LogP contribution in [0.3, 0.4) is 0 Å². The van der Waals surface area contributed by atoms with E-state index >= 15 is 0 Å². The molecule has 0 heterocycles. The number of aryl methyl sites for hydroxylation is 1. The first-order valence-electron chi connectivity index (χ1n) is 6.60. The summed E-state index contributed by atoms with van der Waals surface area (Å²) in [6.07, 6.45) is 0. The largest absolute Gasteiger partial charge is 0.320 e. The molecule has 1 aromatic carbocycles. The van der Waals surface area contributed by atoms with Crippen molar-refractivity contribution in [1.29, 1.82) is 0 Å². The number of hydrogen-bond donors (Lipinski definition) is 2. The van der Waals surface area contributed by atoms with Gasteiger partial charge in [-0.25, -0.2) is 13.1 Å². The Morgan fingerprint density at radius 3 is 2.50 bits per heavy atom. The second-order valence-corrected chi connectivity index (χ2v) is 6.84. The zero-order valence-electron chi connectivity index (χ0n) is 12.4. The quantitative estimate of drug-likeness (QED) is 0.829. The van der Waals surface area contributed by atoms with E-state index in [0.717, 1.165) is 5.56 Å². The molecule has 0 aliphatic heterocycles. The van der Waals surface area contributed by atoms with Gasteiger partial charge in [-0.1, -0.05) is 31.8 Å². The number of sulfonamides is 1. The van der Waals surface area contributed by atoms with E-state index < -0.39 is 10.0 Å². The van der Waals surface area contributed by atoms with Crippen LogP contribution >= 0.6 is 0 Å². The smallest absolute Gasteiger partial charge is 0.242 e. The Kier molecular flexibility index (Phi) is 5.75. The fourth-order valence-electron chi connectivity index (χ4n) is 1.57. The Morgan fingerprint density at radius 2 is 1.95 bits per heavy atom.